The number of carbonyl (C=O) groups excluding carboxylic acids is 1. The van der Waals surface area contributed by atoms with E-state index in [4.69, 9.17) is 4.74 Å². The van der Waals surface area contributed by atoms with Gasteiger partial charge in [0.25, 0.3) is 5.91 Å². The van der Waals surface area contributed by atoms with Gasteiger partial charge in [-0.3, -0.25) is 4.79 Å². The van der Waals surface area contributed by atoms with Crippen molar-refractivity contribution in [3.8, 4) is 0 Å². The molecule has 28 heavy (non-hydrogen) atoms. The Bertz CT molecular complexity index is 908. The van der Waals surface area contributed by atoms with E-state index < -0.39 is 10.0 Å². The molecule has 0 unspecified atom stereocenters. The maximum Gasteiger partial charge on any atom is 0.251 e. The van der Waals surface area contributed by atoms with Gasteiger partial charge >= 0.3 is 0 Å². The number of rotatable bonds is 7. The molecule has 3 rings (SSSR count). The smallest absolute Gasteiger partial charge is 0.251 e. The van der Waals surface area contributed by atoms with Gasteiger partial charge in [-0.25, -0.2) is 13.1 Å². The van der Waals surface area contributed by atoms with E-state index in [1.807, 2.05) is 31.2 Å². The van der Waals surface area contributed by atoms with E-state index in [1.54, 1.807) is 0 Å². The lowest BCUT2D eigenvalue weighted by molar-refractivity contribution is 0.0939. The molecule has 0 radical (unpaired) electrons. The molecule has 0 saturated carbocycles. The minimum Gasteiger partial charge on any atom is -0.377 e. The van der Waals surface area contributed by atoms with Gasteiger partial charge in [-0.2, -0.15) is 0 Å². The molecule has 2 atom stereocenters. The van der Waals surface area contributed by atoms with Crippen LogP contribution >= 0.6 is 15.9 Å². The molecule has 1 aliphatic heterocycles. The van der Waals surface area contributed by atoms with Gasteiger partial charge in [-0.1, -0.05) is 28.1 Å². The maximum atomic E-state index is 12.5. The average molecular weight is 467 g/mol. The van der Waals surface area contributed by atoms with Crippen molar-refractivity contribution in [1.82, 2.24) is 10.0 Å². The van der Waals surface area contributed by atoms with Gasteiger partial charge in [0, 0.05) is 23.2 Å². The summed E-state index contributed by atoms with van der Waals surface area (Å²) in [6, 6.07) is 13.5. The highest BCUT2D eigenvalue weighted by atomic mass is 79.9. The van der Waals surface area contributed by atoms with Crippen molar-refractivity contribution < 1.29 is 17.9 Å². The molecule has 0 bridgehead atoms. The fourth-order valence-electron chi connectivity index (χ4n) is 2.99. The zero-order chi connectivity index (χ0) is 20.1. The van der Waals surface area contributed by atoms with Crippen molar-refractivity contribution in [2.45, 2.75) is 36.8 Å². The van der Waals surface area contributed by atoms with Crippen LogP contribution in [0.15, 0.2) is 57.9 Å². The summed E-state index contributed by atoms with van der Waals surface area (Å²) in [5, 5.41) is 2.92. The minimum absolute atomic E-state index is 0.0695. The lowest BCUT2D eigenvalue weighted by atomic mass is 10.1. The summed E-state index contributed by atoms with van der Waals surface area (Å²) >= 11 is 3.39. The zero-order valence-corrected chi connectivity index (χ0v) is 17.9. The second-order valence-electron chi connectivity index (χ2n) is 6.76. The summed E-state index contributed by atoms with van der Waals surface area (Å²) in [6.45, 7) is 2.83. The highest BCUT2D eigenvalue weighted by Gasteiger charge is 2.20. The molecule has 1 saturated heterocycles. The van der Waals surface area contributed by atoms with Crippen molar-refractivity contribution in [1.29, 1.82) is 0 Å². The van der Waals surface area contributed by atoms with Gasteiger partial charge < -0.3 is 10.1 Å². The first-order valence-corrected chi connectivity index (χ1v) is 11.4. The molecule has 0 aromatic heterocycles. The molecular formula is C20H23BrN2O4S. The van der Waals surface area contributed by atoms with E-state index in [-0.39, 0.29) is 29.5 Å². The Morgan fingerprint density at radius 3 is 2.46 bits per heavy atom. The summed E-state index contributed by atoms with van der Waals surface area (Å²) in [7, 11) is -3.63. The largest absolute Gasteiger partial charge is 0.377 e. The van der Waals surface area contributed by atoms with Crippen LogP contribution in [0.3, 0.4) is 0 Å². The normalized spacial score (nSPS) is 18.0. The van der Waals surface area contributed by atoms with Gasteiger partial charge in [-0.05, 0) is 61.7 Å². The van der Waals surface area contributed by atoms with E-state index in [2.05, 4.69) is 26.0 Å². The molecule has 1 amide bonds. The third-order valence-corrected chi connectivity index (χ3v) is 6.64. The number of nitrogens with one attached hydrogen (secondary N) is 2. The van der Waals surface area contributed by atoms with Gasteiger partial charge in [0.15, 0.2) is 0 Å². The predicted molar refractivity (Wildman–Crippen MR) is 111 cm³/mol. The van der Waals surface area contributed by atoms with Crippen LogP contribution < -0.4 is 10.0 Å². The number of halogens is 1. The van der Waals surface area contributed by atoms with Crippen LogP contribution in [0, 0.1) is 0 Å². The van der Waals surface area contributed by atoms with Crippen molar-refractivity contribution in [2.75, 3.05) is 13.2 Å². The first-order valence-electron chi connectivity index (χ1n) is 9.13. The van der Waals surface area contributed by atoms with E-state index in [9.17, 15) is 13.2 Å². The molecular weight excluding hydrogens is 444 g/mol. The van der Waals surface area contributed by atoms with Crippen LogP contribution in [0.5, 0.6) is 0 Å². The van der Waals surface area contributed by atoms with Crippen molar-refractivity contribution in [3.63, 3.8) is 0 Å². The molecule has 150 valence electrons. The molecule has 2 aromatic rings. The van der Waals surface area contributed by atoms with Crippen LogP contribution in [0.25, 0.3) is 0 Å². The van der Waals surface area contributed by atoms with Crippen molar-refractivity contribution in [2.24, 2.45) is 0 Å². The van der Waals surface area contributed by atoms with Crippen molar-refractivity contribution in [3.05, 3.63) is 64.1 Å². The van der Waals surface area contributed by atoms with Crippen LogP contribution in [0.1, 0.15) is 41.7 Å². The fraction of sp³-hybridized carbons (Fsp3) is 0.350. The van der Waals surface area contributed by atoms with Crippen molar-refractivity contribution >= 4 is 31.9 Å². The standard InChI is InChI=1S/C20H23BrN2O4S/c1-14(15-4-8-17(21)9-5-15)23-20(24)16-6-10-19(11-7-16)28(25,26)22-13-18-3-2-12-27-18/h4-11,14,18,22H,2-3,12-13H2,1H3,(H,23,24)/t14-,18+/m0/s1. The number of amides is 1. The third-order valence-electron chi connectivity index (χ3n) is 4.67. The Kier molecular flexibility index (Phi) is 6.87. The molecule has 0 spiro atoms. The zero-order valence-electron chi connectivity index (χ0n) is 15.5. The van der Waals surface area contributed by atoms with Crippen LogP contribution in [-0.4, -0.2) is 33.6 Å². The minimum atomic E-state index is -3.63. The number of hydrogen-bond donors (Lipinski definition) is 2. The molecule has 0 aliphatic carbocycles. The SMILES string of the molecule is C[C@H](NC(=O)c1ccc(S(=O)(=O)NC[C@H]2CCCO2)cc1)c1ccc(Br)cc1. The fourth-order valence-corrected chi connectivity index (χ4v) is 4.32. The Morgan fingerprint density at radius 1 is 1.18 bits per heavy atom. The topological polar surface area (TPSA) is 84.5 Å². The van der Waals surface area contributed by atoms with Gasteiger partial charge in [0.1, 0.15) is 0 Å². The van der Waals surface area contributed by atoms with E-state index in [0.29, 0.717) is 12.2 Å². The Morgan fingerprint density at radius 2 is 1.86 bits per heavy atom. The molecule has 2 N–H and O–H groups in total. The Labute approximate surface area is 173 Å². The maximum absolute atomic E-state index is 12.5. The lowest BCUT2D eigenvalue weighted by Crippen LogP contribution is -2.32. The first kappa shape index (κ1) is 21.0. The third kappa shape index (κ3) is 5.41. The Hall–Kier alpha value is -1.74. The summed E-state index contributed by atoms with van der Waals surface area (Å²) in [5.74, 6) is -0.258. The second-order valence-corrected chi connectivity index (χ2v) is 9.44. The number of carbonyl (C=O) groups is 1. The number of hydrogen-bond acceptors (Lipinski definition) is 4. The number of ether oxygens (including phenoxy) is 1. The molecule has 8 heteroatoms. The quantitative estimate of drug-likeness (QED) is 0.654. The van der Waals surface area contributed by atoms with E-state index >= 15 is 0 Å². The average Bonchev–Trinajstić information content (AvgIpc) is 3.21. The lowest BCUT2D eigenvalue weighted by Gasteiger charge is -2.15. The predicted octanol–water partition coefficient (Wildman–Crippen LogP) is 3.40. The van der Waals surface area contributed by atoms with Crippen LogP contribution in [0.4, 0.5) is 0 Å². The molecule has 1 aliphatic rings. The molecule has 1 heterocycles. The Balaban J connectivity index is 1.60. The molecule has 1 fully saturated rings. The summed E-state index contributed by atoms with van der Waals surface area (Å²) in [4.78, 5) is 12.6. The number of sulfonamides is 1. The monoisotopic (exact) mass is 466 g/mol. The van der Waals surface area contributed by atoms with E-state index in [0.717, 1.165) is 22.9 Å². The first-order chi connectivity index (χ1) is 13.3. The summed E-state index contributed by atoms with van der Waals surface area (Å²) < 4.78 is 33.7. The molecule has 6 nitrogen and oxygen atoms in total. The summed E-state index contributed by atoms with van der Waals surface area (Å²) in [5.41, 5.74) is 1.39. The van der Waals surface area contributed by atoms with Crippen LogP contribution in [0.2, 0.25) is 0 Å². The highest BCUT2D eigenvalue weighted by molar-refractivity contribution is 9.10. The van der Waals surface area contributed by atoms with Crippen LogP contribution in [-0.2, 0) is 14.8 Å². The molecule has 2 aromatic carbocycles. The summed E-state index contributed by atoms with van der Waals surface area (Å²) in [6.07, 6.45) is 1.74. The van der Waals surface area contributed by atoms with E-state index in [1.165, 1.54) is 24.3 Å². The van der Waals surface area contributed by atoms with Gasteiger partial charge in [0.05, 0.1) is 17.0 Å². The van der Waals surface area contributed by atoms with Gasteiger partial charge in [0.2, 0.25) is 10.0 Å². The highest BCUT2D eigenvalue weighted by Crippen LogP contribution is 2.18. The second kappa shape index (κ2) is 9.17. The number of benzene rings is 2. The van der Waals surface area contributed by atoms with Gasteiger partial charge in [-0.15, -0.1) is 0 Å².